The lowest BCUT2D eigenvalue weighted by Gasteiger charge is -2.12. The maximum atomic E-state index is 13.4. The second-order valence-electron chi connectivity index (χ2n) is 7.38. The molecule has 0 unspecified atom stereocenters. The van der Waals surface area contributed by atoms with Gasteiger partial charge in [-0.2, -0.15) is 18.3 Å². The third kappa shape index (κ3) is 5.93. The minimum Gasteiger partial charge on any atom is -0.496 e. The van der Waals surface area contributed by atoms with Crippen molar-refractivity contribution < 1.29 is 32.6 Å². The molecule has 0 aliphatic rings. The van der Waals surface area contributed by atoms with Crippen molar-refractivity contribution in [2.75, 3.05) is 7.11 Å². The van der Waals surface area contributed by atoms with Gasteiger partial charge in [0.2, 0.25) is 5.91 Å². The number of hydrogen-bond donors (Lipinski definition) is 3. The number of methoxy groups -OCH3 is 1. The molecule has 0 radical (unpaired) electrons. The van der Waals surface area contributed by atoms with E-state index in [9.17, 15) is 27.9 Å². The molecule has 0 spiro atoms. The fourth-order valence-corrected chi connectivity index (χ4v) is 3.13. The predicted molar refractivity (Wildman–Crippen MR) is 116 cm³/mol. The van der Waals surface area contributed by atoms with Gasteiger partial charge in [0.25, 0.3) is 5.91 Å². The number of alkyl halides is 3. The van der Waals surface area contributed by atoms with E-state index in [0.29, 0.717) is 22.9 Å². The zero-order valence-electron chi connectivity index (χ0n) is 18.4. The highest BCUT2D eigenvalue weighted by Gasteiger charge is 2.36. The van der Waals surface area contributed by atoms with Crippen molar-refractivity contribution in [2.24, 2.45) is 0 Å². The van der Waals surface area contributed by atoms with Crippen LogP contribution in [0.25, 0.3) is 5.69 Å². The molecule has 1 atom stereocenters. The van der Waals surface area contributed by atoms with Gasteiger partial charge in [0.05, 0.1) is 12.8 Å². The van der Waals surface area contributed by atoms with E-state index in [2.05, 4.69) is 15.7 Å². The zero-order valence-corrected chi connectivity index (χ0v) is 18.4. The van der Waals surface area contributed by atoms with E-state index >= 15 is 0 Å². The summed E-state index contributed by atoms with van der Waals surface area (Å²) < 4.78 is 46.3. The lowest BCUT2D eigenvalue weighted by atomic mass is 10.2. The smallest absolute Gasteiger partial charge is 0.435 e. The summed E-state index contributed by atoms with van der Waals surface area (Å²) in [5.41, 5.74) is -0.149. The van der Waals surface area contributed by atoms with Gasteiger partial charge in [-0.25, -0.2) is 4.68 Å². The maximum Gasteiger partial charge on any atom is 0.435 e. The van der Waals surface area contributed by atoms with Gasteiger partial charge in [-0.1, -0.05) is 30.3 Å². The summed E-state index contributed by atoms with van der Waals surface area (Å²) in [7, 11) is 1.47. The molecular weight excluding hydrogens is 453 g/mol. The maximum absolute atomic E-state index is 13.4. The molecule has 2 amide bonds. The Bertz CT molecular complexity index is 1180. The van der Waals surface area contributed by atoms with Crippen LogP contribution < -0.4 is 15.4 Å². The van der Waals surface area contributed by atoms with Crippen LogP contribution in [0.3, 0.4) is 0 Å². The minimum atomic E-state index is -4.76. The molecular formula is C23H23F3N4O4. The first kappa shape index (κ1) is 24.8. The molecule has 0 saturated carbocycles. The monoisotopic (exact) mass is 476 g/mol. The number of halogens is 3. The topological polar surface area (TPSA) is 105 Å². The van der Waals surface area contributed by atoms with E-state index < -0.39 is 29.8 Å². The summed E-state index contributed by atoms with van der Waals surface area (Å²) in [4.78, 5) is 24.5. The average molecular weight is 476 g/mol. The third-order valence-electron chi connectivity index (χ3n) is 4.87. The molecule has 3 N–H and O–H groups in total. The molecule has 1 heterocycles. The number of carbonyl (C=O) groups excluding carboxylic acids is 2. The van der Waals surface area contributed by atoms with Crippen LogP contribution >= 0.6 is 0 Å². The van der Waals surface area contributed by atoms with Crippen LogP contribution in [-0.2, 0) is 24.1 Å². The summed E-state index contributed by atoms with van der Waals surface area (Å²) in [5.74, 6) is -0.832. The van der Waals surface area contributed by atoms with Gasteiger partial charge in [-0.05, 0) is 30.7 Å². The number of hydrogen-bond acceptors (Lipinski definition) is 5. The van der Waals surface area contributed by atoms with Crippen LogP contribution in [0, 0.1) is 0 Å². The Morgan fingerprint density at radius 3 is 2.50 bits per heavy atom. The molecule has 11 heteroatoms. The standard InChI is InChI=1S/C23H23F3N4O4/c1-14(31)21(32)27-12-15-6-5-8-17(10-15)30-18(11-20(29-30)23(24,25)26)22(33)28-13-16-7-3-4-9-19(16)34-2/h3-11,14,31H,12-13H2,1-2H3,(H,27,32)(H,28,33)/t14-/m0/s1. The Kier molecular flexibility index (Phi) is 7.57. The largest absolute Gasteiger partial charge is 0.496 e. The van der Waals surface area contributed by atoms with Gasteiger partial charge >= 0.3 is 6.18 Å². The highest BCUT2D eigenvalue weighted by molar-refractivity contribution is 5.93. The molecule has 0 fully saturated rings. The van der Waals surface area contributed by atoms with Crippen LogP contribution in [-0.4, -0.2) is 39.9 Å². The van der Waals surface area contributed by atoms with Crippen molar-refractivity contribution in [1.82, 2.24) is 20.4 Å². The van der Waals surface area contributed by atoms with Gasteiger partial charge in [0.15, 0.2) is 5.69 Å². The first-order valence-corrected chi connectivity index (χ1v) is 10.2. The van der Waals surface area contributed by atoms with Crippen LogP contribution in [0.4, 0.5) is 13.2 Å². The van der Waals surface area contributed by atoms with Gasteiger partial charge in [0, 0.05) is 24.7 Å². The Hall–Kier alpha value is -3.86. The zero-order chi connectivity index (χ0) is 24.9. The molecule has 0 aliphatic heterocycles. The summed E-state index contributed by atoms with van der Waals surface area (Å²) >= 11 is 0. The Morgan fingerprint density at radius 1 is 1.09 bits per heavy atom. The van der Waals surface area contributed by atoms with E-state index in [1.54, 1.807) is 36.4 Å². The number of ether oxygens (including phenoxy) is 1. The molecule has 3 aromatic rings. The van der Waals surface area contributed by atoms with Crippen molar-refractivity contribution in [3.63, 3.8) is 0 Å². The Morgan fingerprint density at radius 2 is 1.82 bits per heavy atom. The van der Waals surface area contributed by atoms with Crippen LogP contribution in [0.5, 0.6) is 5.75 Å². The second-order valence-corrected chi connectivity index (χ2v) is 7.38. The van der Waals surface area contributed by atoms with E-state index in [0.717, 1.165) is 4.68 Å². The van der Waals surface area contributed by atoms with Crippen molar-refractivity contribution in [1.29, 1.82) is 0 Å². The second kappa shape index (κ2) is 10.4. The third-order valence-corrected chi connectivity index (χ3v) is 4.87. The first-order valence-electron chi connectivity index (χ1n) is 10.2. The summed E-state index contributed by atoms with van der Waals surface area (Å²) in [5, 5.41) is 18.0. The van der Waals surface area contributed by atoms with Crippen molar-refractivity contribution in [2.45, 2.75) is 32.3 Å². The van der Waals surface area contributed by atoms with Gasteiger partial charge in [-0.15, -0.1) is 0 Å². The number of benzene rings is 2. The van der Waals surface area contributed by atoms with Crippen molar-refractivity contribution >= 4 is 11.8 Å². The number of nitrogens with one attached hydrogen (secondary N) is 2. The summed E-state index contributed by atoms with van der Waals surface area (Å²) in [6.45, 7) is 1.37. The summed E-state index contributed by atoms with van der Waals surface area (Å²) in [6, 6.07) is 13.8. The lowest BCUT2D eigenvalue weighted by Crippen LogP contribution is -2.32. The van der Waals surface area contributed by atoms with E-state index in [-0.39, 0.29) is 24.5 Å². The molecule has 34 heavy (non-hydrogen) atoms. The number of aromatic nitrogens is 2. The molecule has 8 nitrogen and oxygen atoms in total. The van der Waals surface area contributed by atoms with Gasteiger partial charge in [0.1, 0.15) is 17.5 Å². The van der Waals surface area contributed by atoms with E-state index in [1.807, 2.05) is 0 Å². The highest BCUT2D eigenvalue weighted by Crippen LogP contribution is 2.30. The molecule has 0 bridgehead atoms. The Labute approximate surface area is 193 Å². The number of para-hydroxylation sites is 1. The lowest BCUT2D eigenvalue weighted by molar-refractivity contribution is -0.141. The predicted octanol–water partition coefficient (Wildman–Crippen LogP) is 2.83. The molecule has 1 aromatic heterocycles. The SMILES string of the molecule is COc1ccccc1CNC(=O)c1cc(C(F)(F)F)nn1-c1cccc(CNC(=O)[C@H](C)O)c1. The number of rotatable bonds is 8. The molecule has 180 valence electrons. The quantitative estimate of drug-likeness (QED) is 0.464. The molecule has 0 aliphatic carbocycles. The highest BCUT2D eigenvalue weighted by atomic mass is 19.4. The minimum absolute atomic E-state index is 0.0281. The Balaban J connectivity index is 1.89. The molecule has 2 aromatic carbocycles. The van der Waals surface area contributed by atoms with Gasteiger partial charge < -0.3 is 20.5 Å². The van der Waals surface area contributed by atoms with Crippen LogP contribution in [0.15, 0.2) is 54.6 Å². The van der Waals surface area contributed by atoms with Crippen LogP contribution in [0.2, 0.25) is 0 Å². The van der Waals surface area contributed by atoms with Crippen molar-refractivity contribution in [3.05, 3.63) is 77.1 Å². The van der Waals surface area contributed by atoms with Gasteiger partial charge in [-0.3, -0.25) is 9.59 Å². The summed E-state index contributed by atoms with van der Waals surface area (Å²) in [6.07, 6.45) is -5.96. The fraction of sp³-hybridized carbons (Fsp3) is 0.261. The van der Waals surface area contributed by atoms with E-state index in [4.69, 9.17) is 4.74 Å². The van der Waals surface area contributed by atoms with E-state index in [1.165, 1.54) is 26.2 Å². The molecule has 0 saturated heterocycles. The number of aliphatic hydroxyl groups is 1. The normalized spacial score (nSPS) is 12.2. The van der Waals surface area contributed by atoms with Crippen LogP contribution in [0.1, 0.15) is 34.2 Å². The number of carbonyl (C=O) groups is 2. The molecule has 3 rings (SSSR count). The number of nitrogens with zero attached hydrogens (tertiary/aromatic N) is 2. The number of amides is 2. The number of aliphatic hydroxyl groups excluding tert-OH is 1. The van der Waals surface area contributed by atoms with Crippen molar-refractivity contribution in [3.8, 4) is 11.4 Å². The average Bonchev–Trinajstić information content (AvgIpc) is 3.27. The fourth-order valence-electron chi connectivity index (χ4n) is 3.13. The first-order chi connectivity index (χ1) is 16.1.